The van der Waals surface area contributed by atoms with Crippen LogP contribution in [0.1, 0.15) is 30.0 Å². The van der Waals surface area contributed by atoms with Crippen LogP contribution in [0.5, 0.6) is 0 Å². The monoisotopic (exact) mass is 400 g/mol. The zero-order valence-corrected chi connectivity index (χ0v) is 16.0. The van der Waals surface area contributed by atoms with Crippen LogP contribution in [0.25, 0.3) is 10.8 Å². The Morgan fingerprint density at radius 3 is 2.78 bits per heavy atom. The van der Waals surface area contributed by atoms with Gasteiger partial charge in [0.1, 0.15) is 6.04 Å². The molecular weight excluding hydrogens is 383 g/mol. The predicted molar refractivity (Wildman–Crippen MR) is 107 cm³/mol. The van der Waals surface area contributed by atoms with Gasteiger partial charge in [0.25, 0.3) is 0 Å². The lowest BCUT2D eigenvalue weighted by molar-refractivity contribution is -0.142. The number of carboxylic acids is 1. The topological polar surface area (TPSA) is 53.4 Å². The molecule has 4 rings (SSSR count). The molecule has 0 bridgehead atoms. The summed E-state index contributed by atoms with van der Waals surface area (Å²) in [6, 6.07) is 12.7. The number of aliphatic carboxylic acids is 1. The Bertz CT molecular complexity index is 1010. The Morgan fingerprint density at radius 2 is 2.00 bits per heavy atom. The van der Waals surface area contributed by atoms with E-state index in [2.05, 4.69) is 11.1 Å². The molecule has 0 amide bonds. The second-order valence-corrected chi connectivity index (χ2v) is 7.63. The summed E-state index contributed by atoms with van der Waals surface area (Å²) in [7, 11) is 0. The molecule has 1 saturated heterocycles. The van der Waals surface area contributed by atoms with E-state index < -0.39 is 12.0 Å². The van der Waals surface area contributed by atoms with E-state index in [9.17, 15) is 9.90 Å². The quantitative estimate of drug-likeness (QED) is 0.655. The van der Waals surface area contributed by atoms with E-state index in [0.717, 1.165) is 28.3 Å². The maximum Gasteiger partial charge on any atom is 0.320 e. The van der Waals surface area contributed by atoms with Gasteiger partial charge in [-0.3, -0.25) is 14.7 Å². The van der Waals surface area contributed by atoms with Crippen LogP contribution >= 0.6 is 23.2 Å². The van der Waals surface area contributed by atoms with Gasteiger partial charge in [0.2, 0.25) is 0 Å². The fraction of sp³-hybridized carbons (Fsp3) is 0.238. The lowest BCUT2D eigenvalue weighted by atomic mass is 9.94. The third-order valence-electron chi connectivity index (χ3n) is 5.15. The highest BCUT2D eigenvalue weighted by atomic mass is 35.5. The van der Waals surface area contributed by atoms with Crippen molar-refractivity contribution in [1.82, 2.24) is 9.88 Å². The molecule has 1 fully saturated rings. The first-order chi connectivity index (χ1) is 13.0. The number of hydrogen-bond acceptors (Lipinski definition) is 3. The lowest BCUT2D eigenvalue weighted by Gasteiger charge is -2.32. The lowest BCUT2D eigenvalue weighted by Crippen LogP contribution is -2.39. The van der Waals surface area contributed by atoms with Crippen molar-refractivity contribution in [2.45, 2.75) is 24.9 Å². The van der Waals surface area contributed by atoms with E-state index in [-0.39, 0.29) is 6.04 Å². The van der Waals surface area contributed by atoms with Crippen molar-refractivity contribution in [3.63, 3.8) is 0 Å². The Hall–Kier alpha value is -2.14. The maximum atomic E-state index is 11.8. The van der Waals surface area contributed by atoms with Gasteiger partial charge in [-0.05, 0) is 53.6 Å². The fourth-order valence-electron chi connectivity index (χ4n) is 3.91. The van der Waals surface area contributed by atoms with Crippen molar-refractivity contribution in [2.24, 2.45) is 0 Å². The molecule has 27 heavy (non-hydrogen) atoms. The summed E-state index contributed by atoms with van der Waals surface area (Å²) in [5.41, 5.74) is 1.87. The third-order valence-corrected chi connectivity index (χ3v) is 5.71. The minimum absolute atomic E-state index is 0.254. The largest absolute Gasteiger partial charge is 0.480 e. The summed E-state index contributed by atoms with van der Waals surface area (Å²) in [4.78, 5) is 18.0. The van der Waals surface area contributed by atoms with Crippen LogP contribution in [0.15, 0.2) is 54.9 Å². The summed E-state index contributed by atoms with van der Waals surface area (Å²) in [6.45, 7) is 0.703. The molecular formula is C21H18Cl2N2O2. The summed E-state index contributed by atoms with van der Waals surface area (Å²) in [6.07, 6.45) is 5.05. The molecule has 2 atom stereocenters. The average molecular weight is 401 g/mol. The Balaban J connectivity index is 1.87. The first-order valence-corrected chi connectivity index (χ1v) is 9.57. The van der Waals surface area contributed by atoms with E-state index in [0.29, 0.717) is 23.0 Å². The van der Waals surface area contributed by atoms with Crippen LogP contribution in [-0.2, 0) is 4.79 Å². The molecule has 0 radical (unpaired) electrons. The summed E-state index contributed by atoms with van der Waals surface area (Å²) in [5.74, 6) is -0.799. The second kappa shape index (κ2) is 7.47. The van der Waals surface area contributed by atoms with E-state index in [4.69, 9.17) is 23.2 Å². The van der Waals surface area contributed by atoms with E-state index >= 15 is 0 Å². The Kier molecular flexibility index (Phi) is 5.04. The number of fused-ring (bicyclic) bond motifs is 1. The van der Waals surface area contributed by atoms with Crippen LogP contribution in [0.2, 0.25) is 10.0 Å². The van der Waals surface area contributed by atoms with Crippen molar-refractivity contribution < 1.29 is 9.90 Å². The minimum Gasteiger partial charge on any atom is -0.480 e. The van der Waals surface area contributed by atoms with Crippen molar-refractivity contribution in [3.8, 4) is 0 Å². The maximum absolute atomic E-state index is 11.8. The number of halogens is 2. The van der Waals surface area contributed by atoms with Crippen LogP contribution in [0, 0.1) is 0 Å². The number of carbonyl (C=O) groups is 1. The van der Waals surface area contributed by atoms with Gasteiger partial charge < -0.3 is 5.11 Å². The minimum atomic E-state index is -0.799. The standard InChI is InChI=1S/C21H18Cl2N2O2/c22-16-5-6-17(18(23)11-16)20(25-9-1-2-19(25)21(26)27)14-3-4-15-12-24-8-7-13(15)10-14/h3-8,10-12,19-20H,1-2,9H2,(H,26,27). The fourth-order valence-corrected chi connectivity index (χ4v) is 4.42. The van der Waals surface area contributed by atoms with Gasteiger partial charge in [0, 0.05) is 34.4 Å². The third kappa shape index (κ3) is 3.53. The van der Waals surface area contributed by atoms with Gasteiger partial charge in [-0.1, -0.05) is 41.4 Å². The molecule has 3 aromatic rings. The van der Waals surface area contributed by atoms with Crippen molar-refractivity contribution in [1.29, 1.82) is 0 Å². The molecule has 1 aliphatic rings. The number of benzene rings is 2. The first kappa shape index (κ1) is 18.2. The SMILES string of the molecule is O=C(O)C1CCCN1C(c1ccc2cnccc2c1)c1ccc(Cl)cc1Cl. The number of rotatable bonds is 4. The van der Waals surface area contributed by atoms with Gasteiger partial charge in [-0.2, -0.15) is 0 Å². The molecule has 1 N–H and O–H groups in total. The Labute approximate surface area is 167 Å². The van der Waals surface area contributed by atoms with Crippen molar-refractivity contribution >= 4 is 39.9 Å². The van der Waals surface area contributed by atoms with Crippen molar-refractivity contribution in [3.05, 3.63) is 76.0 Å². The van der Waals surface area contributed by atoms with E-state index in [1.807, 2.05) is 35.4 Å². The molecule has 2 heterocycles. The summed E-state index contributed by atoms with van der Waals surface area (Å²) in [5, 5.41) is 12.9. The highest BCUT2D eigenvalue weighted by Crippen LogP contribution is 2.39. The van der Waals surface area contributed by atoms with E-state index in [1.165, 1.54) is 0 Å². The number of aromatic nitrogens is 1. The van der Waals surface area contributed by atoms with Gasteiger partial charge >= 0.3 is 5.97 Å². The van der Waals surface area contributed by atoms with Gasteiger partial charge in [0.05, 0.1) is 6.04 Å². The van der Waals surface area contributed by atoms with Gasteiger partial charge in [-0.25, -0.2) is 0 Å². The van der Waals surface area contributed by atoms with Crippen LogP contribution in [-0.4, -0.2) is 33.5 Å². The molecule has 0 saturated carbocycles. The molecule has 2 aromatic carbocycles. The second-order valence-electron chi connectivity index (χ2n) is 6.78. The number of pyridine rings is 1. The number of hydrogen-bond donors (Lipinski definition) is 1. The average Bonchev–Trinajstić information content (AvgIpc) is 3.13. The molecule has 6 heteroatoms. The summed E-state index contributed by atoms with van der Waals surface area (Å²) >= 11 is 12.6. The first-order valence-electron chi connectivity index (χ1n) is 8.82. The molecule has 0 aliphatic carbocycles. The summed E-state index contributed by atoms with van der Waals surface area (Å²) < 4.78 is 0. The van der Waals surface area contributed by atoms with Gasteiger partial charge in [0.15, 0.2) is 0 Å². The van der Waals surface area contributed by atoms with Gasteiger partial charge in [-0.15, -0.1) is 0 Å². The number of nitrogens with zero attached hydrogens (tertiary/aromatic N) is 2. The number of carboxylic acid groups (broad SMARTS) is 1. The molecule has 2 unspecified atom stereocenters. The molecule has 138 valence electrons. The van der Waals surface area contributed by atoms with Crippen LogP contribution < -0.4 is 0 Å². The highest BCUT2D eigenvalue weighted by Gasteiger charge is 2.37. The predicted octanol–water partition coefficient (Wildman–Crippen LogP) is 5.18. The number of likely N-dealkylation sites (tertiary alicyclic amines) is 1. The van der Waals surface area contributed by atoms with Crippen LogP contribution in [0.4, 0.5) is 0 Å². The van der Waals surface area contributed by atoms with Crippen LogP contribution in [0.3, 0.4) is 0 Å². The molecule has 1 aliphatic heterocycles. The normalized spacial score (nSPS) is 18.7. The molecule has 1 aromatic heterocycles. The smallest absolute Gasteiger partial charge is 0.320 e. The van der Waals surface area contributed by atoms with Crippen molar-refractivity contribution in [2.75, 3.05) is 6.54 Å². The molecule has 0 spiro atoms. The Morgan fingerprint density at radius 1 is 1.15 bits per heavy atom. The highest BCUT2D eigenvalue weighted by molar-refractivity contribution is 6.35. The zero-order valence-electron chi connectivity index (χ0n) is 14.5. The van der Waals surface area contributed by atoms with E-state index in [1.54, 1.807) is 18.3 Å². The molecule has 4 nitrogen and oxygen atoms in total. The zero-order chi connectivity index (χ0) is 19.0.